The van der Waals surface area contributed by atoms with Crippen LogP contribution in [0, 0.1) is 5.82 Å². The third-order valence-electron chi connectivity index (χ3n) is 4.59. The van der Waals surface area contributed by atoms with Crippen LogP contribution in [0.4, 0.5) is 15.2 Å². The number of hydrogen-bond acceptors (Lipinski definition) is 4. The second-order valence-electron chi connectivity index (χ2n) is 6.50. The van der Waals surface area contributed by atoms with Gasteiger partial charge in [0.15, 0.2) is 5.13 Å². The predicted octanol–water partition coefficient (Wildman–Crippen LogP) is 5.92. The van der Waals surface area contributed by atoms with Crippen molar-refractivity contribution in [3.63, 3.8) is 0 Å². The summed E-state index contributed by atoms with van der Waals surface area (Å²) >= 11 is 1.40. The fourth-order valence-electron chi connectivity index (χ4n) is 3.05. The van der Waals surface area contributed by atoms with E-state index in [2.05, 4.69) is 10.3 Å². The summed E-state index contributed by atoms with van der Waals surface area (Å²) in [5.41, 5.74) is 4.81. The molecule has 0 fully saturated rings. The van der Waals surface area contributed by atoms with Gasteiger partial charge in [0, 0.05) is 5.69 Å². The quantitative estimate of drug-likeness (QED) is 0.578. The minimum Gasteiger partial charge on any atom is -0.478 e. The van der Waals surface area contributed by atoms with Crippen LogP contribution >= 0.6 is 11.3 Å². The minimum absolute atomic E-state index is 0.270. The maximum atomic E-state index is 13.3. The van der Waals surface area contributed by atoms with E-state index in [-0.39, 0.29) is 5.82 Å². The van der Waals surface area contributed by atoms with Gasteiger partial charge in [-0.1, -0.05) is 35.6 Å². The van der Waals surface area contributed by atoms with Crippen molar-refractivity contribution >= 4 is 43.9 Å². The Kier molecular flexibility index (Phi) is 4.79. The molecule has 140 valence electrons. The molecule has 0 atom stereocenters. The number of thiazole rings is 1. The number of carbonyl (C=O) groups is 1. The molecular weight excluding hydrogens is 375 g/mol. The van der Waals surface area contributed by atoms with Crippen LogP contribution in [-0.2, 0) is 4.79 Å². The molecule has 0 radical (unpaired) electrons. The lowest BCUT2D eigenvalue weighted by Crippen LogP contribution is -2.00. The van der Waals surface area contributed by atoms with Crippen LogP contribution in [0.2, 0.25) is 0 Å². The number of benzene rings is 2. The summed E-state index contributed by atoms with van der Waals surface area (Å²) in [6.45, 7) is 1.81. The average molecular weight is 392 g/mol. The second kappa shape index (κ2) is 7.40. The van der Waals surface area contributed by atoms with Gasteiger partial charge in [0.05, 0.1) is 15.8 Å². The zero-order valence-electron chi connectivity index (χ0n) is 15.1. The van der Waals surface area contributed by atoms with Gasteiger partial charge in [-0.25, -0.2) is 14.2 Å². The van der Waals surface area contributed by atoms with Crippen molar-refractivity contribution < 1.29 is 14.3 Å². The van der Waals surface area contributed by atoms with Crippen LogP contribution in [0.25, 0.3) is 15.8 Å². The molecule has 4 rings (SSSR count). The van der Waals surface area contributed by atoms with Gasteiger partial charge in [0.25, 0.3) is 0 Å². The van der Waals surface area contributed by atoms with E-state index in [1.54, 1.807) is 12.1 Å². The van der Waals surface area contributed by atoms with Gasteiger partial charge in [-0.3, -0.25) is 0 Å². The number of allylic oxidation sites excluding steroid dienone is 4. The maximum absolute atomic E-state index is 13.3. The molecule has 0 unspecified atom stereocenters. The number of nitrogens with zero attached hydrogens (tertiary/aromatic N) is 1. The molecule has 0 saturated heterocycles. The predicted molar refractivity (Wildman–Crippen MR) is 111 cm³/mol. The van der Waals surface area contributed by atoms with Crippen molar-refractivity contribution in [1.29, 1.82) is 0 Å². The van der Waals surface area contributed by atoms with Crippen molar-refractivity contribution in [2.75, 3.05) is 5.32 Å². The van der Waals surface area contributed by atoms with Gasteiger partial charge in [0.2, 0.25) is 0 Å². The van der Waals surface area contributed by atoms with Gasteiger partial charge < -0.3 is 10.4 Å². The summed E-state index contributed by atoms with van der Waals surface area (Å²) < 4.78 is 14.1. The number of nitrogens with one attached hydrogen (secondary N) is 1. The molecule has 0 saturated carbocycles. The SMILES string of the molecule is CC1=CCC(c2ccc(Nc3nc4ccc(F)cc4s3)cc2)=CC=C1C(=O)O. The topological polar surface area (TPSA) is 62.2 Å². The highest BCUT2D eigenvalue weighted by atomic mass is 32.1. The molecule has 3 aromatic rings. The molecule has 0 amide bonds. The van der Waals surface area contributed by atoms with E-state index in [9.17, 15) is 14.3 Å². The van der Waals surface area contributed by atoms with Crippen LogP contribution in [0.1, 0.15) is 18.9 Å². The van der Waals surface area contributed by atoms with E-state index in [0.29, 0.717) is 17.1 Å². The molecule has 1 aliphatic rings. The van der Waals surface area contributed by atoms with Crippen molar-refractivity contribution in [3.05, 3.63) is 83.2 Å². The Morgan fingerprint density at radius 3 is 2.71 bits per heavy atom. The highest BCUT2D eigenvalue weighted by Gasteiger charge is 2.12. The smallest absolute Gasteiger partial charge is 0.335 e. The lowest BCUT2D eigenvalue weighted by molar-refractivity contribution is -0.132. The van der Waals surface area contributed by atoms with Gasteiger partial charge in [-0.2, -0.15) is 0 Å². The summed E-state index contributed by atoms with van der Waals surface area (Å²) in [5, 5.41) is 13.2. The number of halogens is 1. The first-order valence-electron chi connectivity index (χ1n) is 8.74. The first-order valence-corrected chi connectivity index (χ1v) is 9.56. The van der Waals surface area contributed by atoms with Crippen molar-refractivity contribution in [3.8, 4) is 0 Å². The van der Waals surface area contributed by atoms with E-state index in [1.165, 1.54) is 23.5 Å². The highest BCUT2D eigenvalue weighted by molar-refractivity contribution is 7.22. The van der Waals surface area contributed by atoms with Crippen LogP contribution < -0.4 is 5.32 Å². The summed E-state index contributed by atoms with van der Waals surface area (Å²) in [6.07, 6.45) is 6.13. The molecule has 4 nitrogen and oxygen atoms in total. The first-order chi connectivity index (χ1) is 13.5. The third kappa shape index (κ3) is 3.73. The Hall–Kier alpha value is -3.25. The first kappa shape index (κ1) is 18.1. The molecule has 2 N–H and O–H groups in total. The highest BCUT2D eigenvalue weighted by Crippen LogP contribution is 2.30. The third-order valence-corrected chi connectivity index (χ3v) is 5.53. The monoisotopic (exact) mass is 392 g/mol. The molecule has 28 heavy (non-hydrogen) atoms. The molecule has 1 aromatic heterocycles. The number of anilines is 2. The summed E-state index contributed by atoms with van der Waals surface area (Å²) in [4.78, 5) is 15.8. The van der Waals surface area contributed by atoms with Crippen LogP contribution in [-0.4, -0.2) is 16.1 Å². The normalized spacial score (nSPS) is 14.1. The van der Waals surface area contributed by atoms with Crippen LogP contribution in [0.5, 0.6) is 0 Å². The van der Waals surface area contributed by atoms with Gasteiger partial charge >= 0.3 is 5.97 Å². The molecule has 6 heteroatoms. The van der Waals surface area contributed by atoms with Gasteiger partial charge in [-0.05, 0) is 66.5 Å². The number of carboxylic acids is 1. The molecule has 2 aromatic carbocycles. The molecular formula is C22H17FN2O2S. The molecule has 1 aliphatic carbocycles. The second-order valence-corrected chi connectivity index (χ2v) is 7.53. The number of carboxylic acid groups (broad SMARTS) is 1. The number of aromatic nitrogens is 1. The largest absolute Gasteiger partial charge is 0.478 e. The summed E-state index contributed by atoms with van der Waals surface area (Å²) in [7, 11) is 0. The van der Waals surface area contributed by atoms with E-state index in [1.807, 2.05) is 43.3 Å². The molecule has 1 heterocycles. The Morgan fingerprint density at radius 2 is 1.96 bits per heavy atom. The van der Waals surface area contributed by atoms with E-state index >= 15 is 0 Å². The van der Waals surface area contributed by atoms with Crippen LogP contribution in [0.15, 0.2) is 71.8 Å². The zero-order chi connectivity index (χ0) is 19.7. The standard InChI is InChI=1S/C22H17FN2O2S/c1-13-2-3-14(6-10-18(13)21(26)27)15-4-8-17(9-5-15)24-22-25-19-11-7-16(23)12-20(19)28-22/h2,4-12H,3H2,1H3,(H,24,25)(H,26,27). The fraction of sp³-hybridized carbons (Fsp3) is 0.0909. The summed E-state index contributed by atoms with van der Waals surface area (Å²) in [6, 6.07) is 12.4. The lowest BCUT2D eigenvalue weighted by Gasteiger charge is -2.07. The van der Waals surface area contributed by atoms with E-state index in [0.717, 1.165) is 32.6 Å². The maximum Gasteiger partial charge on any atom is 0.335 e. The molecule has 0 bridgehead atoms. The zero-order valence-corrected chi connectivity index (χ0v) is 15.9. The van der Waals surface area contributed by atoms with E-state index < -0.39 is 5.97 Å². The fourth-order valence-corrected chi connectivity index (χ4v) is 3.96. The van der Waals surface area contributed by atoms with Crippen molar-refractivity contribution in [1.82, 2.24) is 4.98 Å². The number of aliphatic carboxylic acids is 1. The van der Waals surface area contributed by atoms with Gasteiger partial charge in [0.1, 0.15) is 5.82 Å². The number of hydrogen-bond donors (Lipinski definition) is 2. The van der Waals surface area contributed by atoms with Crippen molar-refractivity contribution in [2.45, 2.75) is 13.3 Å². The number of rotatable bonds is 4. The lowest BCUT2D eigenvalue weighted by atomic mass is 10.0. The average Bonchev–Trinajstić information content (AvgIpc) is 2.94. The number of fused-ring (bicyclic) bond motifs is 1. The Morgan fingerprint density at radius 1 is 1.18 bits per heavy atom. The Balaban J connectivity index is 1.54. The molecule has 0 spiro atoms. The van der Waals surface area contributed by atoms with Crippen LogP contribution in [0.3, 0.4) is 0 Å². The molecule has 0 aliphatic heterocycles. The Bertz CT molecular complexity index is 1160. The summed E-state index contributed by atoms with van der Waals surface area (Å²) in [5.74, 6) is -1.19. The van der Waals surface area contributed by atoms with E-state index in [4.69, 9.17) is 0 Å². The van der Waals surface area contributed by atoms with Crippen molar-refractivity contribution in [2.24, 2.45) is 0 Å². The van der Waals surface area contributed by atoms with Gasteiger partial charge in [-0.15, -0.1) is 0 Å². The Labute approximate surface area is 165 Å². The minimum atomic E-state index is -0.915.